The normalized spacial score (nSPS) is 7.73. The van der Waals surface area contributed by atoms with E-state index in [1.54, 1.807) is 6.92 Å². The lowest BCUT2D eigenvalue weighted by Crippen LogP contribution is -1.76. The molecule has 1 rings (SSSR count). The average molecular weight is 197 g/mol. The van der Waals surface area contributed by atoms with Crippen molar-refractivity contribution in [2.45, 2.75) is 6.92 Å². The molecule has 0 bridgehead atoms. The van der Waals surface area contributed by atoms with Gasteiger partial charge in [0.1, 0.15) is 0 Å². The van der Waals surface area contributed by atoms with Crippen LogP contribution in [-0.2, 0) is 0 Å². The zero-order valence-electron chi connectivity index (χ0n) is 9.03. The van der Waals surface area contributed by atoms with E-state index >= 15 is 0 Å². The quantitative estimate of drug-likeness (QED) is 0.656. The van der Waals surface area contributed by atoms with E-state index in [0.29, 0.717) is 5.57 Å². The van der Waals surface area contributed by atoms with E-state index in [0.717, 1.165) is 11.1 Å². The van der Waals surface area contributed by atoms with E-state index in [2.05, 4.69) is 19.7 Å². The Kier molecular flexibility index (Phi) is 6.33. The Morgan fingerprint density at radius 1 is 1.20 bits per heavy atom. The van der Waals surface area contributed by atoms with Crippen molar-refractivity contribution in [1.29, 1.82) is 5.26 Å². The summed E-state index contributed by atoms with van der Waals surface area (Å²) in [5.74, 6) is 0. The molecular weight excluding hydrogens is 182 g/mol. The van der Waals surface area contributed by atoms with E-state index in [-0.39, 0.29) is 0 Å². The maximum atomic E-state index is 7.79. The molecule has 0 radical (unpaired) electrons. The number of nitriles is 1. The van der Waals surface area contributed by atoms with Crippen LogP contribution >= 0.6 is 0 Å². The zero-order valence-corrected chi connectivity index (χ0v) is 9.03. The van der Waals surface area contributed by atoms with Crippen LogP contribution in [0.3, 0.4) is 0 Å². The van der Waals surface area contributed by atoms with Crippen LogP contribution in [0.1, 0.15) is 18.1 Å². The topological polar surface area (TPSA) is 23.8 Å². The largest absolute Gasteiger partial charge is 0.193 e. The van der Waals surface area contributed by atoms with Crippen molar-refractivity contribution in [2.75, 3.05) is 0 Å². The molecule has 0 saturated carbocycles. The highest BCUT2D eigenvalue weighted by Crippen LogP contribution is 2.10. The summed E-state index contributed by atoms with van der Waals surface area (Å²) in [5.41, 5.74) is 2.83. The SMILES string of the molecule is C=C(C)C#N.C=Cc1ccccc1C=C. The molecular formula is C14H15N. The number of benzene rings is 1. The first-order valence-electron chi connectivity index (χ1n) is 4.55. The first kappa shape index (κ1) is 12.9. The molecule has 15 heavy (non-hydrogen) atoms. The minimum Gasteiger partial charge on any atom is -0.193 e. The molecule has 0 N–H and O–H groups in total. The van der Waals surface area contributed by atoms with Crippen molar-refractivity contribution in [3.63, 3.8) is 0 Å². The number of hydrogen-bond donors (Lipinski definition) is 0. The third kappa shape index (κ3) is 5.28. The highest BCUT2D eigenvalue weighted by molar-refractivity contribution is 5.63. The van der Waals surface area contributed by atoms with Crippen molar-refractivity contribution < 1.29 is 0 Å². The van der Waals surface area contributed by atoms with Gasteiger partial charge >= 0.3 is 0 Å². The molecule has 0 heterocycles. The summed E-state index contributed by atoms with van der Waals surface area (Å²) in [6.45, 7) is 12.4. The molecule has 0 aromatic heterocycles. The average Bonchev–Trinajstić information content (AvgIpc) is 2.29. The van der Waals surface area contributed by atoms with Gasteiger partial charge in [0.05, 0.1) is 6.07 Å². The van der Waals surface area contributed by atoms with Gasteiger partial charge in [-0.2, -0.15) is 5.26 Å². The number of nitrogens with zero attached hydrogens (tertiary/aromatic N) is 1. The molecule has 0 amide bonds. The molecule has 1 aromatic carbocycles. The van der Waals surface area contributed by atoms with Crippen molar-refractivity contribution >= 4 is 12.2 Å². The summed E-state index contributed by atoms with van der Waals surface area (Å²) in [6, 6.07) is 9.85. The monoisotopic (exact) mass is 197 g/mol. The third-order valence-electron chi connectivity index (χ3n) is 1.63. The van der Waals surface area contributed by atoms with Crippen LogP contribution in [-0.4, -0.2) is 0 Å². The Morgan fingerprint density at radius 3 is 1.73 bits per heavy atom. The van der Waals surface area contributed by atoms with Gasteiger partial charge in [-0.1, -0.05) is 56.2 Å². The lowest BCUT2D eigenvalue weighted by atomic mass is 10.1. The Bertz CT molecular complexity index is 367. The molecule has 0 aliphatic carbocycles. The highest BCUT2D eigenvalue weighted by Gasteiger charge is 1.89. The lowest BCUT2D eigenvalue weighted by Gasteiger charge is -1.96. The Labute approximate surface area is 91.7 Å². The van der Waals surface area contributed by atoms with Crippen molar-refractivity contribution in [3.05, 3.63) is 60.7 Å². The fourth-order valence-electron chi connectivity index (χ4n) is 0.883. The van der Waals surface area contributed by atoms with Gasteiger partial charge in [0, 0.05) is 5.57 Å². The van der Waals surface area contributed by atoms with Gasteiger partial charge in [-0.15, -0.1) is 0 Å². The second-order valence-corrected chi connectivity index (χ2v) is 2.93. The predicted octanol–water partition coefficient (Wildman–Crippen LogP) is 4.06. The third-order valence-corrected chi connectivity index (χ3v) is 1.63. The van der Waals surface area contributed by atoms with Crippen LogP contribution in [0.5, 0.6) is 0 Å². The van der Waals surface area contributed by atoms with Gasteiger partial charge in [-0.3, -0.25) is 0 Å². The second kappa shape index (κ2) is 7.34. The molecule has 0 atom stereocenters. The molecule has 0 saturated heterocycles. The maximum absolute atomic E-state index is 7.79. The zero-order chi connectivity index (χ0) is 11.7. The summed E-state index contributed by atoms with van der Waals surface area (Å²) in [6.07, 6.45) is 3.66. The van der Waals surface area contributed by atoms with Crippen LogP contribution < -0.4 is 0 Å². The van der Waals surface area contributed by atoms with Gasteiger partial charge in [-0.05, 0) is 18.1 Å². The number of allylic oxidation sites excluding steroid dienone is 1. The smallest absolute Gasteiger partial charge is 0.0937 e. The van der Waals surface area contributed by atoms with E-state index in [1.807, 2.05) is 42.5 Å². The maximum Gasteiger partial charge on any atom is 0.0937 e. The van der Waals surface area contributed by atoms with Gasteiger partial charge < -0.3 is 0 Å². The van der Waals surface area contributed by atoms with E-state index in [1.165, 1.54) is 0 Å². The van der Waals surface area contributed by atoms with E-state index in [9.17, 15) is 0 Å². The molecule has 1 nitrogen and oxygen atoms in total. The summed E-state index contributed by atoms with van der Waals surface area (Å²) in [5, 5.41) is 7.79. The Balaban J connectivity index is 0.000000336. The fourth-order valence-corrected chi connectivity index (χ4v) is 0.883. The molecule has 0 unspecified atom stereocenters. The van der Waals surface area contributed by atoms with Crippen LogP contribution in [0.4, 0.5) is 0 Å². The molecule has 0 aliphatic heterocycles. The fraction of sp³-hybridized carbons (Fsp3) is 0.0714. The van der Waals surface area contributed by atoms with Gasteiger partial charge in [0.2, 0.25) is 0 Å². The Hall–Kier alpha value is -2.07. The van der Waals surface area contributed by atoms with Gasteiger partial charge in [-0.25, -0.2) is 0 Å². The molecule has 0 aliphatic rings. The Morgan fingerprint density at radius 2 is 1.53 bits per heavy atom. The van der Waals surface area contributed by atoms with Crippen LogP contribution in [0, 0.1) is 11.3 Å². The highest BCUT2D eigenvalue weighted by atomic mass is 14.2. The summed E-state index contributed by atoms with van der Waals surface area (Å²) in [7, 11) is 0. The second-order valence-electron chi connectivity index (χ2n) is 2.93. The minimum absolute atomic E-state index is 0.560. The van der Waals surface area contributed by atoms with Crippen molar-refractivity contribution in [1.82, 2.24) is 0 Å². The standard InChI is InChI=1S/C10H10.C4H5N/c1-3-9-7-5-6-8-10(9)4-2;1-4(2)3-5/h3-8H,1-2H2;1H2,2H3. The van der Waals surface area contributed by atoms with Crippen LogP contribution in [0.15, 0.2) is 49.6 Å². The first-order chi connectivity index (χ1) is 7.15. The summed E-state index contributed by atoms with van der Waals surface area (Å²) < 4.78 is 0. The molecule has 0 spiro atoms. The minimum atomic E-state index is 0.560. The van der Waals surface area contributed by atoms with Gasteiger partial charge in [0.25, 0.3) is 0 Å². The van der Waals surface area contributed by atoms with Crippen LogP contribution in [0.25, 0.3) is 12.2 Å². The summed E-state index contributed by atoms with van der Waals surface area (Å²) >= 11 is 0. The number of hydrogen-bond acceptors (Lipinski definition) is 1. The number of rotatable bonds is 2. The van der Waals surface area contributed by atoms with Crippen LogP contribution in [0.2, 0.25) is 0 Å². The van der Waals surface area contributed by atoms with Crippen molar-refractivity contribution in [2.24, 2.45) is 0 Å². The molecule has 0 fully saturated rings. The first-order valence-corrected chi connectivity index (χ1v) is 4.55. The lowest BCUT2D eigenvalue weighted by molar-refractivity contribution is 1.46. The predicted molar refractivity (Wildman–Crippen MR) is 67.1 cm³/mol. The molecule has 1 heteroatoms. The molecule has 76 valence electrons. The van der Waals surface area contributed by atoms with Gasteiger partial charge in [0.15, 0.2) is 0 Å². The molecule has 1 aromatic rings. The van der Waals surface area contributed by atoms with E-state index in [4.69, 9.17) is 5.26 Å². The summed E-state index contributed by atoms with van der Waals surface area (Å²) in [4.78, 5) is 0. The van der Waals surface area contributed by atoms with E-state index < -0.39 is 0 Å². The van der Waals surface area contributed by atoms with Crippen molar-refractivity contribution in [3.8, 4) is 6.07 Å².